The van der Waals surface area contributed by atoms with E-state index in [0.717, 1.165) is 4.47 Å². The van der Waals surface area contributed by atoms with Crippen molar-refractivity contribution in [1.82, 2.24) is 0 Å². The normalized spacial score (nSPS) is 11.2. The lowest BCUT2D eigenvalue weighted by Gasteiger charge is -2.20. The predicted molar refractivity (Wildman–Crippen MR) is 87.7 cm³/mol. The monoisotopic (exact) mass is 389 g/mol. The summed E-state index contributed by atoms with van der Waals surface area (Å²) in [6, 6.07) is 11.4. The highest BCUT2D eigenvalue weighted by Crippen LogP contribution is 2.30. The zero-order valence-corrected chi connectivity index (χ0v) is 14.5. The predicted octanol–water partition coefficient (Wildman–Crippen LogP) is 3.94. The lowest BCUT2D eigenvalue weighted by molar-refractivity contribution is 0.415. The summed E-state index contributed by atoms with van der Waals surface area (Å²) in [4.78, 5) is 0.0608. The molecule has 2 aromatic carbocycles. The molecule has 0 aliphatic rings. The van der Waals surface area contributed by atoms with Gasteiger partial charge in [-0.05, 0) is 42.5 Å². The molecule has 2 aromatic rings. The SMILES string of the molecule is COc1ccc(N(C)S(=O)(=O)c2ccc(Br)cc2Cl)cc1. The maximum Gasteiger partial charge on any atom is 0.265 e. The van der Waals surface area contributed by atoms with Crippen molar-refractivity contribution >= 4 is 43.2 Å². The fourth-order valence-corrected chi connectivity index (χ4v) is 3.97. The van der Waals surface area contributed by atoms with E-state index >= 15 is 0 Å². The van der Waals surface area contributed by atoms with Crippen LogP contribution in [0, 0.1) is 0 Å². The minimum absolute atomic E-state index is 0.0608. The van der Waals surface area contributed by atoms with Crippen molar-refractivity contribution in [2.75, 3.05) is 18.5 Å². The molecule has 0 fully saturated rings. The molecular formula is C14H13BrClNO3S. The Morgan fingerprint density at radius 1 is 1.14 bits per heavy atom. The van der Waals surface area contributed by atoms with Gasteiger partial charge in [0.15, 0.2) is 0 Å². The second kappa shape index (κ2) is 6.25. The summed E-state index contributed by atoms with van der Waals surface area (Å²) >= 11 is 9.29. The van der Waals surface area contributed by atoms with Gasteiger partial charge in [0.25, 0.3) is 10.0 Å². The minimum Gasteiger partial charge on any atom is -0.497 e. The number of sulfonamides is 1. The summed E-state index contributed by atoms with van der Waals surface area (Å²) in [5.41, 5.74) is 0.523. The number of benzene rings is 2. The molecule has 0 atom stereocenters. The largest absolute Gasteiger partial charge is 0.497 e. The van der Waals surface area contributed by atoms with E-state index in [4.69, 9.17) is 16.3 Å². The van der Waals surface area contributed by atoms with E-state index < -0.39 is 10.0 Å². The van der Waals surface area contributed by atoms with E-state index in [1.165, 1.54) is 17.4 Å². The lowest BCUT2D eigenvalue weighted by atomic mass is 10.3. The van der Waals surface area contributed by atoms with Crippen molar-refractivity contribution in [2.45, 2.75) is 4.90 Å². The molecule has 2 rings (SSSR count). The molecule has 0 radical (unpaired) electrons. The fraction of sp³-hybridized carbons (Fsp3) is 0.143. The number of halogens is 2. The first kappa shape index (κ1) is 16.1. The molecule has 0 heterocycles. The van der Waals surface area contributed by atoms with Crippen molar-refractivity contribution in [3.8, 4) is 5.75 Å². The average molecular weight is 391 g/mol. The molecule has 112 valence electrons. The molecule has 4 nitrogen and oxygen atoms in total. The summed E-state index contributed by atoms with van der Waals surface area (Å²) in [6.07, 6.45) is 0. The zero-order chi connectivity index (χ0) is 15.6. The molecule has 0 saturated carbocycles. The Kier molecular flexibility index (Phi) is 4.81. The van der Waals surface area contributed by atoms with Crippen LogP contribution in [0.5, 0.6) is 5.75 Å². The molecule has 0 N–H and O–H groups in total. The van der Waals surface area contributed by atoms with E-state index in [1.807, 2.05) is 0 Å². The van der Waals surface area contributed by atoms with Crippen LogP contribution in [-0.2, 0) is 10.0 Å². The minimum atomic E-state index is -3.72. The van der Waals surface area contributed by atoms with Crippen LogP contribution in [0.1, 0.15) is 0 Å². The highest BCUT2D eigenvalue weighted by molar-refractivity contribution is 9.10. The molecule has 0 aromatic heterocycles. The van der Waals surface area contributed by atoms with Crippen molar-refractivity contribution in [2.24, 2.45) is 0 Å². The van der Waals surface area contributed by atoms with Crippen molar-refractivity contribution in [3.63, 3.8) is 0 Å². The van der Waals surface area contributed by atoms with Crippen LogP contribution in [0.2, 0.25) is 5.02 Å². The molecule has 0 aliphatic heterocycles. The number of nitrogens with zero attached hydrogens (tertiary/aromatic N) is 1. The van der Waals surface area contributed by atoms with Gasteiger partial charge >= 0.3 is 0 Å². The smallest absolute Gasteiger partial charge is 0.265 e. The van der Waals surface area contributed by atoms with Gasteiger partial charge in [-0.15, -0.1) is 0 Å². The molecule has 0 saturated heterocycles. The Bertz CT molecular complexity index is 747. The summed E-state index contributed by atoms with van der Waals surface area (Å²) in [5, 5.41) is 0.171. The third kappa shape index (κ3) is 3.33. The maximum atomic E-state index is 12.6. The van der Waals surface area contributed by atoms with E-state index in [2.05, 4.69) is 15.9 Å². The Balaban J connectivity index is 2.42. The number of hydrogen-bond acceptors (Lipinski definition) is 3. The Morgan fingerprint density at radius 2 is 1.76 bits per heavy atom. The quantitative estimate of drug-likeness (QED) is 0.794. The third-order valence-electron chi connectivity index (χ3n) is 2.97. The number of anilines is 1. The average Bonchev–Trinajstić information content (AvgIpc) is 2.46. The molecule has 0 aliphatic carbocycles. The fourth-order valence-electron chi connectivity index (χ4n) is 1.76. The van der Waals surface area contributed by atoms with E-state index in [1.54, 1.807) is 43.5 Å². The third-order valence-corrected chi connectivity index (χ3v) is 5.73. The number of rotatable bonds is 4. The van der Waals surface area contributed by atoms with Crippen molar-refractivity contribution in [1.29, 1.82) is 0 Å². The van der Waals surface area contributed by atoms with Gasteiger partial charge in [0, 0.05) is 11.5 Å². The van der Waals surface area contributed by atoms with E-state index in [0.29, 0.717) is 11.4 Å². The van der Waals surface area contributed by atoms with Gasteiger partial charge in [-0.25, -0.2) is 8.42 Å². The van der Waals surface area contributed by atoms with E-state index in [9.17, 15) is 8.42 Å². The summed E-state index contributed by atoms with van der Waals surface area (Å²) in [6.45, 7) is 0. The topological polar surface area (TPSA) is 46.6 Å². The standard InChI is InChI=1S/C14H13BrClNO3S/c1-17(11-4-6-12(20-2)7-5-11)21(18,19)14-8-3-10(15)9-13(14)16/h3-9H,1-2H3. The summed E-state index contributed by atoms with van der Waals surface area (Å²) in [5.74, 6) is 0.659. The first-order chi connectivity index (χ1) is 9.86. The first-order valence-electron chi connectivity index (χ1n) is 5.94. The zero-order valence-electron chi connectivity index (χ0n) is 11.4. The van der Waals surface area contributed by atoms with E-state index in [-0.39, 0.29) is 9.92 Å². The second-order valence-electron chi connectivity index (χ2n) is 4.25. The molecule has 7 heteroatoms. The Hall–Kier alpha value is -1.24. The van der Waals surface area contributed by atoms with Crippen LogP contribution in [-0.4, -0.2) is 22.6 Å². The van der Waals surface area contributed by atoms with Crippen molar-refractivity contribution < 1.29 is 13.2 Å². The van der Waals surface area contributed by atoms with Gasteiger partial charge < -0.3 is 4.74 Å². The van der Waals surface area contributed by atoms with Crippen LogP contribution >= 0.6 is 27.5 Å². The van der Waals surface area contributed by atoms with Crippen LogP contribution < -0.4 is 9.04 Å². The van der Waals surface area contributed by atoms with Crippen LogP contribution in [0.3, 0.4) is 0 Å². The van der Waals surface area contributed by atoms with Gasteiger partial charge in [0.05, 0.1) is 17.8 Å². The highest BCUT2D eigenvalue weighted by Gasteiger charge is 2.24. The maximum absolute atomic E-state index is 12.6. The van der Waals surface area contributed by atoms with Gasteiger partial charge in [-0.2, -0.15) is 0 Å². The van der Waals surface area contributed by atoms with Crippen LogP contribution in [0.15, 0.2) is 51.8 Å². The Morgan fingerprint density at radius 3 is 2.29 bits per heavy atom. The summed E-state index contributed by atoms with van der Waals surface area (Å²) < 4.78 is 32.2. The number of ether oxygens (including phenoxy) is 1. The molecule has 0 amide bonds. The van der Waals surface area contributed by atoms with Gasteiger partial charge in [-0.1, -0.05) is 27.5 Å². The summed E-state index contributed by atoms with van der Waals surface area (Å²) in [7, 11) is -0.685. The Labute approximate surface area is 137 Å². The second-order valence-corrected chi connectivity index (χ2v) is 7.51. The number of hydrogen-bond donors (Lipinski definition) is 0. The van der Waals surface area contributed by atoms with Gasteiger partial charge in [-0.3, -0.25) is 4.31 Å². The van der Waals surface area contributed by atoms with Crippen molar-refractivity contribution in [3.05, 3.63) is 52.0 Å². The highest BCUT2D eigenvalue weighted by atomic mass is 79.9. The molecular weight excluding hydrogens is 378 g/mol. The van der Waals surface area contributed by atoms with Gasteiger partial charge in [0.1, 0.15) is 10.6 Å². The molecule has 0 unspecified atom stereocenters. The lowest BCUT2D eigenvalue weighted by Crippen LogP contribution is -2.26. The molecule has 21 heavy (non-hydrogen) atoms. The first-order valence-corrected chi connectivity index (χ1v) is 8.55. The molecule has 0 spiro atoms. The van der Waals surface area contributed by atoms with Crippen LogP contribution in [0.4, 0.5) is 5.69 Å². The molecule has 0 bridgehead atoms. The number of methoxy groups -OCH3 is 1. The van der Waals surface area contributed by atoms with Gasteiger partial charge in [0.2, 0.25) is 0 Å². The van der Waals surface area contributed by atoms with Crippen LogP contribution in [0.25, 0.3) is 0 Å².